The van der Waals surface area contributed by atoms with Crippen LogP contribution in [0.1, 0.15) is 37.5 Å². The summed E-state index contributed by atoms with van der Waals surface area (Å²) in [5, 5.41) is 3.52. The van der Waals surface area contributed by atoms with Crippen molar-refractivity contribution < 1.29 is 4.42 Å². The number of rotatable bonds is 7. The van der Waals surface area contributed by atoms with Gasteiger partial charge in [-0.25, -0.2) is 0 Å². The average molecular weight is 248 g/mol. The third-order valence-corrected chi connectivity index (χ3v) is 4.23. The minimum Gasteiger partial charge on any atom is -0.468 e. The summed E-state index contributed by atoms with van der Waals surface area (Å²) in [6, 6.07) is 2.87. The van der Waals surface area contributed by atoms with Crippen LogP contribution in [0.2, 0.25) is 0 Å². The van der Waals surface area contributed by atoms with Gasteiger partial charge in [-0.2, -0.15) is 0 Å². The molecule has 0 spiro atoms. The third kappa shape index (κ3) is 3.15. The Hall–Kier alpha value is -0.800. The van der Waals surface area contributed by atoms with Crippen molar-refractivity contribution in [3.8, 4) is 0 Å². The fraction of sp³-hybridized carbons (Fsp3) is 0.733. The van der Waals surface area contributed by atoms with Crippen LogP contribution in [0.3, 0.4) is 0 Å². The first-order valence-electron chi connectivity index (χ1n) is 7.19. The molecule has 2 aliphatic rings. The number of furan rings is 1. The van der Waals surface area contributed by atoms with Crippen LogP contribution in [-0.4, -0.2) is 24.5 Å². The molecule has 2 fully saturated rings. The summed E-state index contributed by atoms with van der Waals surface area (Å²) in [5.74, 6) is 2.99. The summed E-state index contributed by atoms with van der Waals surface area (Å²) in [6.07, 6.45) is 5.89. The molecule has 2 unspecified atom stereocenters. The smallest absolute Gasteiger partial charge is 0.122 e. The SMILES string of the molecule is CC1CC1CN(C)Cc1ccoc1CNC1CC1. The minimum atomic E-state index is 0.744. The van der Waals surface area contributed by atoms with Crippen molar-refractivity contribution in [1.29, 1.82) is 0 Å². The maximum atomic E-state index is 5.60. The number of nitrogens with one attached hydrogen (secondary N) is 1. The summed E-state index contributed by atoms with van der Waals surface area (Å²) in [6.45, 7) is 5.48. The molecule has 0 radical (unpaired) electrons. The largest absolute Gasteiger partial charge is 0.468 e. The molecule has 0 aromatic carbocycles. The zero-order valence-electron chi connectivity index (χ0n) is 11.5. The van der Waals surface area contributed by atoms with E-state index < -0.39 is 0 Å². The van der Waals surface area contributed by atoms with E-state index in [4.69, 9.17) is 4.42 Å². The van der Waals surface area contributed by atoms with E-state index in [1.165, 1.54) is 31.4 Å². The van der Waals surface area contributed by atoms with Gasteiger partial charge < -0.3 is 14.6 Å². The normalized spacial score (nSPS) is 26.8. The van der Waals surface area contributed by atoms with Crippen molar-refractivity contribution in [1.82, 2.24) is 10.2 Å². The van der Waals surface area contributed by atoms with Crippen molar-refractivity contribution in [2.24, 2.45) is 11.8 Å². The lowest BCUT2D eigenvalue weighted by Gasteiger charge is -2.16. The fourth-order valence-corrected chi connectivity index (χ4v) is 2.60. The second-order valence-corrected chi connectivity index (χ2v) is 6.19. The fourth-order valence-electron chi connectivity index (χ4n) is 2.60. The van der Waals surface area contributed by atoms with Crippen LogP contribution in [0, 0.1) is 11.8 Å². The molecule has 100 valence electrons. The molecule has 3 rings (SSSR count). The Morgan fingerprint density at radius 3 is 2.89 bits per heavy atom. The van der Waals surface area contributed by atoms with Gasteiger partial charge in [-0.05, 0) is 44.2 Å². The molecule has 18 heavy (non-hydrogen) atoms. The molecule has 2 saturated carbocycles. The Morgan fingerprint density at radius 1 is 1.44 bits per heavy atom. The number of hydrogen-bond donors (Lipinski definition) is 1. The standard InChI is InChI=1S/C15H24N2O/c1-11-7-13(11)10-17(2)9-12-5-6-18-15(12)8-16-14-3-4-14/h5-6,11,13-14,16H,3-4,7-10H2,1-2H3. The van der Waals surface area contributed by atoms with Gasteiger partial charge in [0.05, 0.1) is 12.8 Å². The van der Waals surface area contributed by atoms with Crippen molar-refractivity contribution in [2.45, 2.75) is 45.3 Å². The first-order chi connectivity index (χ1) is 8.72. The maximum Gasteiger partial charge on any atom is 0.122 e. The molecule has 3 heteroatoms. The highest BCUT2D eigenvalue weighted by molar-refractivity contribution is 5.17. The van der Waals surface area contributed by atoms with Gasteiger partial charge >= 0.3 is 0 Å². The summed E-state index contributed by atoms with van der Waals surface area (Å²) in [5.41, 5.74) is 1.35. The van der Waals surface area contributed by atoms with Gasteiger partial charge in [-0.15, -0.1) is 0 Å². The van der Waals surface area contributed by atoms with Gasteiger partial charge in [0.2, 0.25) is 0 Å². The molecule has 2 atom stereocenters. The summed E-state index contributed by atoms with van der Waals surface area (Å²) in [7, 11) is 2.22. The van der Waals surface area contributed by atoms with E-state index >= 15 is 0 Å². The maximum absolute atomic E-state index is 5.60. The van der Waals surface area contributed by atoms with E-state index in [1.54, 1.807) is 0 Å². The van der Waals surface area contributed by atoms with Gasteiger partial charge in [0, 0.05) is 24.7 Å². The Labute approximate surface area is 110 Å². The van der Waals surface area contributed by atoms with Crippen LogP contribution >= 0.6 is 0 Å². The summed E-state index contributed by atoms with van der Waals surface area (Å²) < 4.78 is 5.60. The summed E-state index contributed by atoms with van der Waals surface area (Å²) >= 11 is 0. The Bertz CT molecular complexity index is 397. The molecule has 0 bridgehead atoms. The van der Waals surface area contributed by atoms with Gasteiger partial charge in [0.15, 0.2) is 0 Å². The Balaban J connectivity index is 1.49. The molecule has 0 saturated heterocycles. The Kier molecular flexibility index (Phi) is 3.44. The Morgan fingerprint density at radius 2 is 2.22 bits per heavy atom. The van der Waals surface area contributed by atoms with Crippen LogP contribution in [0.5, 0.6) is 0 Å². The van der Waals surface area contributed by atoms with Crippen LogP contribution < -0.4 is 5.32 Å². The highest BCUT2D eigenvalue weighted by Crippen LogP contribution is 2.38. The molecule has 1 heterocycles. The van der Waals surface area contributed by atoms with Crippen molar-refractivity contribution >= 4 is 0 Å². The van der Waals surface area contributed by atoms with Gasteiger partial charge in [0.1, 0.15) is 5.76 Å². The lowest BCUT2D eigenvalue weighted by atomic mass is 10.2. The zero-order valence-corrected chi connectivity index (χ0v) is 11.5. The number of nitrogens with zero attached hydrogens (tertiary/aromatic N) is 1. The molecule has 0 amide bonds. The van der Waals surface area contributed by atoms with Gasteiger partial charge in [-0.1, -0.05) is 6.92 Å². The predicted molar refractivity (Wildman–Crippen MR) is 72.2 cm³/mol. The lowest BCUT2D eigenvalue weighted by Crippen LogP contribution is -2.22. The van der Waals surface area contributed by atoms with Crippen molar-refractivity contribution in [2.75, 3.05) is 13.6 Å². The van der Waals surface area contributed by atoms with Crippen molar-refractivity contribution in [3.63, 3.8) is 0 Å². The molecule has 1 N–H and O–H groups in total. The quantitative estimate of drug-likeness (QED) is 0.804. The topological polar surface area (TPSA) is 28.4 Å². The molecular formula is C15H24N2O. The van der Waals surface area contributed by atoms with Crippen LogP contribution in [-0.2, 0) is 13.1 Å². The minimum absolute atomic E-state index is 0.744. The second kappa shape index (κ2) is 5.06. The van der Waals surface area contributed by atoms with E-state index in [0.717, 1.165) is 36.7 Å². The van der Waals surface area contributed by atoms with Crippen LogP contribution in [0.15, 0.2) is 16.7 Å². The van der Waals surface area contributed by atoms with Crippen LogP contribution in [0.25, 0.3) is 0 Å². The van der Waals surface area contributed by atoms with Crippen LogP contribution in [0.4, 0.5) is 0 Å². The number of hydrogen-bond acceptors (Lipinski definition) is 3. The third-order valence-electron chi connectivity index (χ3n) is 4.23. The highest BCUT2D eigenvalue weighted by atomic mass is 16.3. The summed E-state index contributed by atoms with van der Waals surface area (Å²) in [4.78, 5) is 2.43. The molecule has 0 aliphatic heterocycles. The second-order valence-electron chi connectivity index (χ2n) is 6.19. The van der Waals surface area contributed by atoms with E-state index in [0.29, 0.717) is 0 Å². The molecule has 3 nitrogen and oxygen atoms in total. The van der Waals surface area contributed by atoms with E-state index in [-0.39, 0.29) is 0 Å². The van der Waals surface area contributed by atoms with Crippen molar-refractivity contribution in [3.05, 3.63) is 23.7 Å². The van der Waals surface area contributed by atoms with E-state index in [2.05, 4.69) is 30.3 Å². The first kappa shape index (κ1) is 12.2. The molecule has 1 aromatic heterocycles. The molecule has 2 aliphatic carbocycles. The lowest BCUT2D eigenvalue weighted by molar-refractivity contribution is 0.304. The molecule has 1 aromatic rings. The van der Waals surface area contributed by atoms with Gasteiger partial charge in [0.25, 0.3) is 0 Å². The monoisotopic (exact) mass is 248 g/mol. The first-order valence-corrected chi connectivity index (χ1v) is 7.19. The zero-order chi connectivity index (χ0) is 12.5. The van der Waals surface area contributed by atoms with E-state index in [1.807, 2.05) is 6.26 Å². The van der Waals surface area contributed by atoms with E-state index in [9.17, 15) is 0 Å². The predicted octanol–water partition coefficient (Wildman–Crippen LogP) is 2.62. The van der Waals surface area contributed by atoms with Gasteiger partial charge in [-0.3, -0.25) is 0 Å². The average Bonchev–Trinajstić information content (AvgIpc) is 3.22. The molecular weight excluding hydrogens is 224 g/mol. The highest BCUT2D eigenvalue weighted by Gasteiger charge is 2.33.